The molecule has 4 nitrogen and oxygen atoms in total. The van der Waals surface area contributed by atoms with E-state index >= 15 is 0 Å². The molecule has 1 aromatic rings. The Bertz CT molecular complexity index is 410. The molecule has 0 amide bonds. The lowest BCUT2D eigenvalue weighted by Gasteiger charge is -2.14. The number of guanidine groups is 1. The van der Waals surface area contributed by atoms with Crippen LogP contribution in [0, 0.1) is 5.92 Å². The first kappa shape index (κ1) is 21.2. The molecule has 1 rings (SSSR count). The third-order valence-electron chi connectivity index (χ3n) is 3.13. The molecule has 0 spiro atoms. The minimum atomic E-state index is -0.451. The van der Waals surface area contributed by atoms with Crippen LogP contribution in [-0.4, -0.2) is 36.8 Å². The fourth-order valence-corrected chi connectivity index (χ4v) is 1.97. The second-order valence-electron chi connectivity index (χ2n) is 5.67. The van der Waals surface area contributed by atoms with Crippen molar-refractivity contribution >= 4 is 29.9 Å². The zero-order valence-corrected chi connectivity index (χ0v) is 16.2. The highest BCUT2D eigenvalue weighted by molar-refractivity contribution is 14.0. The van der Waals surface area contributed by atoms with Crippen LogP contribution in [0.1, 0.15) is 32.8 Å². The summed E-state index contributed by atoms with van der Waals surface area (Å²) in [4.78, 5) is 4.45. The molecule has 5 heteroatoms. The highest BCUT2D eigenvalue weighted by Gasteiger charge is 2.05. The van der Waals surface area contributed by atoms with Gasteiger partial charge in [-0.2, -0.15) is 0 Å². The molecule has 0 aromatic heterocycles. The van der Waals surface area contributed by atoms with Gasteiger partial charge in [0.15, 0.2) is 5.96 Å². The van der Waals surface area contributed by atoms with Crippen molar-refractivity contribution in [3.8, 4) is 0 Å². The topological polar surface area (TPSA) is 56.7 Å². The van der Waals surface area contributed by atoms with Crippen LogP contribution in [0.5, 0.6) is 0 Å². The molecule has 0 saturated heterocycles. The molecule has 1 unspecified atom stereocenters. The summed E-state index contributed by atoms with van der Waals surface area (Å²) >= 11 is 0. The average Bonchev–Trinajstić information content (AvgIpc) is 2.45. The molecule has 22 heavy (non-hydrogen) atoms. The summed E-state index contributed by atoms with van der Waals surface area (Å²) in [5.41, 5.74) is 1.14. The van der Waals surface area contributed by atoms with Crippen LogP contribution >= 0.6 is 24.0 Å². The zero-order valence-electron chi connectivity index (χ0n) is 13.9. The van der Waals surface area contributed by atoms with Gasteiger partial charge in [0.25, 0.3) is 0 Å². The van der Waals surface area contributed by atoms with Crippen LogP contribution in [-0.2, 0) is 6.42 Å². The van der Waals surface area contributed by atoms with Gasteiger partial charge in [0.1, 0.15) is 0 Å². The smallest absolute Gasteiger partial charge is 0.191 e. The largest absolute Gasteiger partial charge is 0.391 e. The fourth-order valence-electron chi connectivity index (χ4n) is 1.97. The maximum absolute atomic E-state index is 10.1. The minimum Gasteiger partial charge on any atom is -0.391 e. The number of aliphatic hydroxyl groups is 1. The van der Waals surface area contributed by atoms with Crippen LogP contribution < -0.4 is 10.6 Å². The van der Waals surface area contributed by atoms with Crippen molar-refractivity contribution in [2.24, 2.45) is 10.9 Å². The highest BCUT2D eigenvalue weighted by atomic mass is 127. The zero-order chi connectivity index (χ0) is 15.5. The van der Waals surface area contributed by atoms with Crippen LogP contribution in [0.25, 0.3) is 0 Å². The molecule has 0 radical (unpaired) electrons. The van der Waals surface area contributed by atoms with Gasteiger partial charge in [0, 0.05) is 19.5 Å². The van der Waals surface area contributed by atoms with Crippen molar-refractivity contribution in [2.75, 3.05) is 19.6 Å². The average molecular weight is 419 g/mol. The maximum atomic E-state index is 10.1. The number of nitrogens with one attached hydrogen (secondary N) is 2. The maximum Gasteiger partial charge on any atom is 0.191 e. The molecule has 0 fully saturated rings. The third-order valence-corrected chi connectivity index (χ3v) is 3.13. The van der Waals surface area contributed by atoms with E-state index in [9.17, 15) is 5.11 Å². The van der Waals surface area contributed by atoms with Crippen molar-refractivity contribution in [1.82, 2.24) is 10.6 Å². The predicted octanol–water partition coefficient (Wildman–Crippen LogP) is 2.81. The van der Waals surface area contributed by atoms with E-state index in [0.29, 0.717) is 18.9 Å². The van der Waals surface area contributed by atoms with E-state index in [0.717, 1.165) is 31.0 Å². The Kier molecular flexibility index (Phi) is 12.2. The molecule has 3 N–H and O–H groups in total. The number of hydrogen-bond acceptors (Lipinski definition) is 2. The van der Waals surface area contributed by atoms with Crippen molar-refractivity contribution in [2.45, 2.75) is 39.7 Å². The van der Waals surface area contributed by atoms with Gasteiger partial charge in [-0.1, -0.05) is 44.2 Å². The van der Waals surface area contributed by atoms with E-state index in [1.807, 2.05) is 37.3 Å². The first-order valence-corrected chi connectivity index (χ1v) is 7.86. The second-order valence-corrected chi connectivity index (χ2v) is 5.67. The summed E-state index contributed by atoms with van der Waals surface area (Å²) in [7, 11) is 0. The second kappa shape index (κ2) is 12.7. The fraction of sp³-hybridized carbons (Fsp3) is 0.588. The number of aliphatic hydroxyl groups excluding tert-OH is 1. The van der Waals surface area contributed by atoms with Gasteiger partial charge in [0.05, 0.1) is 12.6 Å². The molecule has 1 aromatic carbocycles. The summed E-state index contributed by atoms with van der Waals surface area (Å²) in [6.07, 6.45) is 1.29. The minimum absolute atomic E-state index is 0. The lowest BCUT2D eigenvalue weighted by molar-refractivity contribution is 0.183. The first-order valence-electron chi connectivity index (χ1n) is 7.86. The van der Waals surface area contributed by atoms with Gasteiger partial charge < -0.3 is 15.7 Å². The summed E-state index contributed by atoms with van der Waals surface area (Å²) in [5, 5.41) is 16.6. The number of rotatable bonds is 8. The van der Waals surface area contributed by atoms with Crippen LogP contribution in [0.15, 0.2) is 35.3 Å². The van der Waals surface area contributed by atoms with Gasteiger partial charge in [-0.05, 0) is 24.8 Å². The molecular weight excluding hydrogens is 389 g/mol. The van der Waals surface area contributed by atoms with Crippen molar-refractivity contribution < 1.29 is 5.11 Å². The Morgan fingerprint density at radius 1 is 1.18 bits per heavy atom. The molecule has 126 valence electrons. The molecule has 0 saturated carbocycles. The lowest BCUT2D eigenvalue weighted by Crippen LogP contribution is -2.38. The van der Waals surface area contributed by atoms with E-state index in [1.165, 1.54) is 0 Å². The Morgan fingerprint density at radius 3 is 2.45 bits per heavy atom. The Hall–Kier alpha value is -0.820. The summed E-state index contributed by atoms with van der Waals surface area (Å²) in [6.45, 7) is 8.58. The van der Waals surface area contributed by atoms with E-state index < -0.39 is 6.10 Å². The summed E-state index contributed by atoms with van der Waals surface area (Å²) < 4.78 is 0. The third kappa shape index (κ3) is 10.00. The van der Waals surface area contributed by atoms with Crippen molar-refractivity contribution in [3.63, 3.8) is 0 Å². The molecule has 0 aliphatic heterocycles. The quantitative estimate of drug-likeness (QED) is 0.345. The summed E-state index contributed by atoms with van der Waals surface area (Å²) in [6, 6.07) is 10.0. The van der Waals surface area contributed by atoms with E-state index in [-0.39, 0.29) is 24.0 Å². The number of aliphatic imine (C=N–C) groups is 1. The van der Waals surface area contributed by atoms with Crippen LogP contribution in [0.4, 0.5) is 0 Å². The van der Waals surface area contributed by atoms with Crippen LogP contribution in [0.3, 0.4) is 0 Å². The molecule has 0 aliphatic carbocycles. The highest BCUT2D eigenvalue weighted by Crippen LogP contribution is 2.03. The first-order chi connectivity index (χ1) is 10.1. The standard InChI is InChI=1S/C17H29N3O.HI/c1-4-18-17(19-11-10-14(2)3)20-13-16(21)12-15-8-6-5-7-9-15;/h5-9,14,16,21H,4,10-13H2,1-3H3,(H2,18,19,20);1H. The Morgan fingerprint density at radius 2 is 1.86 bits per heavy atom. The van der Waals surface area contributed by atoms with Gasteiger partial charge in [-0.25, -0.2) is 0 Å². The molecule has 1 atom stereocenters. The monoisotopic (exact) mass is 419 g/mol. The van der Waals surface area contributed by atoms with Gasteiger partial charge in [-0.15, -0.1) is 24.0 Å². The normalized spacial score (nSPS) is 12.7. The lowest BCUT2D eigenvalue weighted by atomic mass is 10.1. The van der Waals surface area contributed by atoms with E-state index in [1.54, 1.807) is 0 Å². The SMILES string of the molecule is CCNC(=NCC(O)Cc1ccccc1)NCCC(C)C.I. The Balaban J connectivity index is 0.00000441. The van der Waals surface area contributed by atoms with Crippen LogP contribution in [0.2, 0.25) is 0 Å². The molecule has 0 aliphatic rings. The summed E-state index contributed by atoms with van der Waals surface area (Å²) in [5.74, 6) is 1.45. The molecule has 0 heterocycles. The number of nitrogens with zero attached hydrogens (tertiary/aromatic N) is 1. The van der Waals surface area contributed by atoms with Gasteiger partial charge in [0.2, 0.25) is 0 Å². The van der Waals surface area contributed by atoms with Crippen molar-refractivity contribution in [3.05, 3.63) is 35.9 Å². The van der Waals surface area contributed by atoms with E-state index in [4.69, 9.17) is 0 Å². The van der Waals surface area contributed by atoms with Gasteiger partial charge in [-0.3, -0.25) is 4.99 Å². The predicted molar refractivity (Wildman–Crippen MR) is 105 cm³/mol. The number of hydrogen-bond donors (Lipinski definition) is 3. The molecule has 0 bridgehead atoms. The number of halogens is 1. The van der Waals surface area contributed by atoms with Gasteiger partial charge >= 0.3 is 0 Å². The number of benzene rings is 1. The molecular formula is C17H30IN3O. The Labute approximate surface area is 151 Å². The van der Waals surface area contributed by atoms with Crippen molar-refractivity contribution in [1.29, 1.82) is 0 Å². The van der Waals surface area contributed by atoms with E-state index in [2.05, 4.69) is 29.5 Å².